The predicted molar refractivity (Wildman–Crippen MR) is 80.5 cm³/mol. The standard InChI is InChI=1S/C17H21NO2/c1-12(2)14-11-13(7-9-17(14)20-3)6-8-16(19)15-5-4-10-18-15/h4-5,7,9-12,18H,6,8H2,1-3H3. The van der Waals surface area contributed by atoms with Gasteiger partial charge in [-0.3, -0.25) is 4.79 Å². The summed E-state index contributed by atoms with van der Waals surface area (Å²) in [7, 11) is 1.69. The average Bonchev–Trinajstić information content (AvgIpc) is 2.98. The normalized spacial score (nSPS) is 10.8. The van der Waals surface area contributed by atoms with Gasteiger partial charge in [0.25, 0.3) is 0 Å². The van der Waals surface area contributed by atoms with Gasteiger partial charge < -0.3 is 9.72 Å². The predicted octanol–water partition coefficient (Wildman–Crippen LogP) is 3.96. The number of carbonyl (C=O) groups excluding carboxylic acids is 1. The summed E-state index contributed by atoms with van der Waals surface area (Å²) in [5.74, 6) is 1.47. The van der Waals surface area contributed by atoms with Crippen LogP contribution in [0.3, 0.4) is 0 Å². The number of aryl methyl sites for hydroxylation is 1. The molecule has 0 amide bonds. The Morgan fingerprint density at radius 3 is 2.70 bits per heavy atom. The lowest BCUT2D eigenvalue weighted by atomic mass is 9.97. The van der Waals surface area contributed by atoms with Crippen LogP contribution in [0, 0.1) is 0 Å². The number of nitrogens with one attached hydrogen (secondary N) is 1. The fourth-order valence-corrected chi connectivity index (χ4v) is 2.29. The van der Waals surface area contributed by atoms with Gasteiger partial charge in [0.2, 0.25) is 0 Å². The minimum Gasteiger partial charge on any atom is -0.496 e. The molecular weight excluding hydrogens is 250 g/mol. The van der Waals surface area contributed by atoms with Crippen LogP contribution in [-0.4, -0.2) is 17.9 Å². The quantitative estimate of drug-likeness (QED) is 0.808. The highest BCUT2D eigenvalue weighted by Gasteiger charge is 2.10. The summed E-state index contributed by atoms with van der Waals surface area (Å²) >= 11 is 0. The van der Waals surface area contributed by atoms with Gasteiger partial charge >= 0.3 is 0 Å². The van der Waals surface area contributed by atoms with E-state index in [1.807, 2.05) is 24.3 Å². The lowest BCUT2D eigenvalue weighted by molar-refractivity contribution is 0.0978. The number of Topliss-reactive ketones (excluding diaryl/α,β-unsaturated/α-hetero) is 1. The van der Waals surface area contributed by atoms with Crippen molar-refractivity contribution >= 4 is 5.78 Å². The van der Waals surface area contributed by atoms with Crippen molar-refractivity contribution in [2.24, 2.45) is 0 Å². The highest BCUT2D eigenvalue weighted by Crippen LogP contribution is 2.27. The summed E-state index contributed by atoms with van der Waals surface area (Å²) in [4.78, 5) is 14.9. The molecule has 0 saturated carbocycles. The van der Waals surface area contributed by atoms with Crippen molar-refractivity contribution in [1.82, 2.24) is 4.98 Å². The molecule has 1 heterocycles. The molecule has 20 heavy (non-hydrogen) atoms. The maximum atomic E-state index is 12.0. The van der Waals surface area contributed by atoms with Gasteiger partial charge in [0.15, 0.2) is 5.78 Å². The van der Waals surface area contributed by atoms with Crippen LogP contribution in [0.4, 0.5) is 0 Å². The van der Waals surface area contributed by atoms with Gasteiger partial charge in [-0.05, 0) is 41.7 Å². The first-order valence-electron chi connectivity index (χ1n) is 6.95. The molecule has 1 N–H and O–H groups in total. The van der Waals surface area contributed by atoms with Crippen LogP contribution < -0.4 is 4.74 Å². The number of aromatic amines is 1. The molecule has 3 heteroatoms. The molecule has 0 radical (unpaired) electrons. The molecule has 1 aromatic carbocycles. The second-order valence-electron chi connectivity index (χ2n) is 5.24. The third-order valence-corrected chi connectivity index (χ3v) is 3.46. The number of benzene rings is 1. The van der Waals surface area contributed by atoms with E-state index in [1.54, 1.807) is 13.3 Å². The number of rotatable bonds is 6. The third kappa shape index (κ3) is 3.29. The third-order valence-electron chi connectivity index (χ3n) is 3.46. The number of H-pyrrole nitrogens is 1. The topological polar surface area (TPSA) is 42.1 Å². The highest BCUT2D eigenvalue weighted by molar-refractivity contribution is 5.94. The Bertz CT molecular complexity index is 571. The van der Waals surface area contributed by atoms with Crippen LogP contribution in [0.5, 0.6) is 5.75 Å². The van der Waals surface area contributed by atoms with E-state index in [9.17, 15) is 4.79 Å². The van der Waals surface area contributed by atoms with E-state index in [0.717, 1.165) is 12.2 Å². The first-order chi connectivity index (χ1) is 9.61. The molecule has 106 valence electrons. The van der Waals surface area contributed by atoms with Gasteiger partial charge in [-0.1, -0.05) is 26.0 Å². The number of carbonyl (C=O) groups is 1. The van der Waals surface area contributed by atoms with Gasteiger partial charge in [-0.15, -0.1) is 0 Å². The van der Waals surface area contributed by atoms with Crippen molar-refractivity contribution in [2.45, 2.75) is 32.6 Å². The minimum atomic E-state index is 0.150. The summed E-state index contributed by atoms with van der Waals surface area (Å²) in [5.41, 5.74) is 3.05. The average molecular weight is 271 g/mol. The number of methoxy groups -OCH3 is 1. The molecule has 0 saturated heterocycles. The SMILES string of the molecule is COc1ccc(CCC(=O)c2ccc[nH]2)cc1C(C)C. The van der Waals surface area contributed by atoms with Crippen molar-refractivity contribution in [3.05, 3.63) is 53.3 Å². The van der Waals surface area contributed by atoms with Crippen molar-refractivity contribution in [2.75, 3.05) is 7.11 Å². The van der Waals surface area contributed by atoms with E-state index in [2.05, 4.69) is 24.9 Å². The Morgan fingerprint density at radius 2 is 2.10 bits per heavy atom. The number of ketones is 1. The lowest BCUT2D eigenvalue weighted by Gasteiger charge is -2.13. The fourth-order valence-electron chi connectivity index (χ4n) is 2.29. The van der Waals surface area contributed by atoms with Crippen LogP contribution in [0.2, 0.25) is 0 Å². The van der Waals surface area contributed by atoms with Gasteiger partial charge in [0.1, 0.15) is 5.75 Å². The molecule has 0 atom stereocenters. The van der Waals surface area contributed by atoms with Gasteiger partial charge in [0.05, 0.1) is 12.8 Å². The van der Waals surface area contributed by atoms with E-state index < -0.39 is 0 Å². The Balaban J connectivity index is 2.06. The summed E-state index contributed by atoms with van der Waals surface area (Å²) in [6, 6.07) is 9.83. The van der Waals surface area contributed by atoms with Crippen LogP contribution in [-0.2, 0) is 6.42 Å². The molecular formula is C17H21NO2. The number of aromatic nitrogens is 1. The molecule has 0 bridgehead atoms. The van der Waals surface area contributed by atoms with Gasteiger partial charge in [-0.2, -0.15) is 0 Å². The highest BCUT2D eigenvalue weighted by atomic mass is 16.5. The summed E-state index contributed by atoms with van der Waals surface area (Å²) < 4.78 is 5.37. The monoisotopic (exact) mass is 271 g/mol. The number of ether oxygens (including phenoxy) is 1. The van der Waals surface area contributed by atoms with E-state index in [1.165, 1.54) is 11.1 Å². The summed E-state index contributed by atoms with van der Waals surface area (Å²) in [5, 5.41) is 0. The second-order valence-corrected chi connectivity index (χ2v) is 5.24. The molecule has 0 spiro atoms. The summed E-state index contributed by atoms with van der Waals surface area (Å²) in [6.45, 7) is 4.29. The molecule has 0 aliphatic heterocycles. The molecule has 0 fully saturated rings. The molecule has 1 aromatic heterocycles. The van der Waals surface area contributed by atoms with Crippen LogP contribution in [0.1, 0.15) is 47.8 Å². The Morgan fingerprint density at radius 1 is 1.30 bits per heavy atom. The van der Waals surface area contributed by atoms with Crippen LogP contribution in [0.15, 0.2) is 36.5 Å². The Hall–Kier alpha value is -2.03. The first-order valence-corrected chi connectivity index (χ1v) is 6.95. The van der Waals surface area contributed by atoms with Crippen LogP contribution >= 0.6 is 0 Å². The summed E-state index contributed by atoms with van der Waals surface area (Å²) in [6.07, 6.45) is 3.05. The molecule has 3 nitrogen and oxygen atoms in total. The van der Waals surface area contributed by atoms with Crippen molar-refractivity contribution < 1.29 is 9.53 Å². The zero-order valence-electron chi connectivity index (χ0n) is 12.3. The maximum Gasteiger partial charge on any atom is 0.179 e. The zero-order chi connectivity index (χ0) is 14.5. The Kier molecular flexibility index (Phi) is 4.61. The fraction of sp³-hybridized carbons (Fsp3) is 0.353. The van der Waals surface area contributed by atoms with E-state index in [4.69, 9.17) is 4.74 Å². The minimum absolute atomic E-state index is 0.150. The number of hydrogen-bond donors (Lipinski definition) is 1. The smallest absolute Gasteiger partial charge is 0.179 e. The first kappa shape index (κ1) is 14.4. The van der Waals surface area contributed by atoms with E-state index in [0.29, 0.717) is 18.0 Å². The zero-order valence-corrected chi connectivity index (χ0v) is 12.3. The van der Waals surface area contributed by atoms with E-state index >= 15 is 0 Å². The molecule has 0 aliphatic rings. The maximum absolute atomic E-state index is 12.0. The molecule has 0 aliphatic carbocycles. The lowest BCUT2D eigenvalue weighted by Crippen LogP contribution is -2.02. The van der Waals surface area contributed by atoms with E-state index in [-0.39, 0.29) is 5.78 Å². The Labute approximate surface area is 120 Å². The largest absolute Gasteiger partial charge is 0.496 e. The van der Waals surface area contributed by atoms with Crippen LogP contribution in [0.25, 0.3) is 0 Å². The van der Waals surface area contributed by atoms with Crippen molar-refractivity contribution in [1.29, 1.82) is 0 Å². The molecule has 0 unspecified atom stereocenters. The van der Waals surface area contributed by atoms with Crippen molar-refractivity contribution in [3.8, 4) is 5.75 Å². The van der Waals surface area contributed by atoms with Crippen molar-refractivity contribution in [3.63, 3.8) is 0 Å². The van der Waals surface area contributed by atoms with Gasteiger partial charge in [0, 0.05) is 12.6 Å². The molecule has 2 aromatic rings. The van der Waals surface area contributed by atoms with Gasteiger partial charge in [-0.25, -0.2) is 0 Å². The number of hydrogen-bond acceptors (Lipinski definition) is 2. The molecule has 2 rings (SSSR count). The second kappa shape index (κ2) is 6.42.